The van der Waals surface area contributed by atoms with Gasteiger partial charge in [0, 0.05) is 12.6 Å². The Kier molecular flexibility index (Phi) is 3.35. The molecule has 1 atom stereocenters. The van der Waals surface area contributed by atoms with Crippen LogP contribution in [0, 0.1) is 11.3 Å². The van der Waals surface area contributed by atoms with E-state index in [1.807, 2.05) is 6.07 Å². The van der Waals surface area contributed by atoms with Gasteiger partial charge in [0.1, 0.15) is 11.5 Å². The summed E-state index contributed by atoms with van der Waals surface area (Å²) in [5, 5.41) is 27.5. The molecule has 18 heavy (non-hydrogen) atoms. The van der Waals surface area contributed by atoms with E-state index in [0.717, 1.165) is 6.07 Å². The van der Waals surface area contributed by atoms with Gasteiger partial charge in [-0.3, -0.25) is 4.79 Å². The average molecular weight is 248 g/mol. The van der Waals surface area contributed by atoms with E-state index >= 15 is 0 Å². The highest BCUT2D eigenvalue weighted by Gasteiger charge is 2.26. The van der Waals surface area contributed by atoms with E-state index in [-0.39, 0.29) is 29.5 Å². The lowest BCUT2D eigenvalue weighted by molar-refractivity contribution is 0.00334. The number of rotatable bonds is 1. The fourth-order valence-corrected chi connectivity index (χ4v) is 1.78. The summed E-state index contributed by atoms with van der Waals surface area (Å²) in [5.74, 6) is -0.767. The minimum Gasteiger partial charge on any atom is -0.508 e. The highest BCUT2D eigenvalue weighted by Crippen LogP contribution is 2.24. The van der Waals surface area contributed by atoms with Gasteiger partial charge in [0.25, 0.3) is 5.91 Å². The lowest BCUT2D eigenvalue weighted by Crippen LogP contribution is -2.45. The normalized spacial score (nSPS) is 19.3. The highest BCUT2D eigenvalue weighted by molar-refractivity contribution is 5.97. The summed E-state index contributed by atoms with van der Waals surface area (Å²) >= 11 is 0. The monoisotopic (exact) mass is 248 g/mol. The second kappa shape index (κ2) is 4.94. The maximum absolute atomic E-state index is 12.1. The van der Waals surface area contributed by atoms with Gasteiger partial charge in [0.05, 0.1) is 24.8 Å². The van der Waals surface area contributed by atoms with Crippen molar-refractivity contribution in [3.8, 4) is 17.6 Å². The van der Waals surface area contributed by atoms with E-state index in [2.05, 4.69) is 0 Å². The molecule has 2 N–H and O–H groups in total. The average Bonchev–Trinajstić information content (AvgIpc) is 2.38. The number of nitrogens with zero attached hydrogens (tertiary/aromatic N) is 2. The number of carbonyl (C=O) groups is 1. The van der Waals surface area contributed by atoms with Crippen LogP contribution in [-0.4, -0.2) is 46.8 Å². The predicted octanol–water partition coefficient (Wildman–Crippen LogP) is 0.462. The summed E-state index contributed by atoms with van der Waals surface area (Å²) < 4.78 is 5.14. The molecule has 2 rings (SSSR count). The standard InChI is InChI=1S/C12H12N2O4/c13-6-9-7-14(3-4-18-9)12(17)10-2-1-8(15)5-11(10)16/h1-2,5,9,15-16H,3-4,7H2. The maximum Gasteiger partial charge on any atom is 0.257 e. The number of benzene rings is 1. The number of nitriles is 1. The number of phenols is 2. The molecule has 1 amide bonds. The molecule has 94 valence electrons. The topological polar surface area (TPSA) is 93.8 Å². The van der Waals surface area contributed by atoms with Crippen molar-refractivity contribution in [1.82, 2.24) is 4.90 Å². The first-order chi connectivity index (χ1) is 8.61. The summed E-state index contributed by atoms with van der Waals surface area (Å²) in [6, 6.07) is 5.73. The first-order valence-electron chi connectivity index (χ1n) is 5.44. The Hall–Kier alpha value is -2.26. The minimum atomic E-state index is -0.637. The second-order valence-corrected chi connectivity index (χ2v) is 3.94. The van der Waals surface area contributed by atoms with Crippen molar-refractivity contribution in [1.29, 1.82) is 5.26 Å². The molecule has 0 aromatic heterocycles. The third kappa shape index (κ3) is 2.36. The number of hydrogen-bond acceptors (Lipinski definition) is 5. The van der Waals surface area contributed by atoms with E-state index < -0.39 is 6.10 Å². The number of phenolic OH excluding ortho intramolecular Hbond substituents is 2. The van der Waals surface area contributed by atoms with Crippen molar-refractivity contribution in [3.63, 3.8) is 0 Å². The third-order valence-electron chi connectivity index (χ3n) is 2.71. The molecule has 0 bridgehead atoms. The predicted molar refractivity (Wildman–Crippen MR) is 61.0 cm³/mol. The van der Waals surface area contributed by atoms with Crippen molar-refractivity contribution in [3.05, 3.63) is 23.8 Å². The molecule has 1 aromatic rings. The van der Waals surface area contributed by atoms with E-state index in [1.165, 1.54) is 17.0 Å². The second-order valence-electron chi connectivity index (χ2n) is 3.94. The van der Waals surface area contributed by atoms with Crippen LogP contribution in [0.3, 0.4) is 0 Å². The Labute approximate surface area is 104 Å². The van der Waals surface area contributed by atoms with Crippen LogP contribution in [0.25, 0.3) is 0 Å². The molecular weight excluding hydrogens is 236 g/mol. The molecule has 0 aliphatic carbocycles. The largest absolute Gasteiger partial charge is 0.508 e. The molecule has 1 aliphatic heterocycles. The molecular formula is C12H12N2O4. The smallest absolute Gasteiger partial charge is 0.257 e. The van der Waals surface area contributed by atoms with Crippen LogP contribution >= 0.6 is 0 Å². The zero-order chi connectivity index (χ0) is 13.1. The van der Waals surface area contributed by atoms with Gasteiger partial charge >= 0.3 is 0 Å². The van der Waals surface area contributed by atoms with Gasteiger partial charge in [-0.1, -0.05) is 0 Å². The molecule has 1 unspecified atom stereocenters. The lowest BCUT2D eigenvalue weighted by atomic mass is 10.1. The Morgan fingerprint density at radius 3 is 2.94 bits per heavy atom. The molecule has 6 nitrogen and oxygen atoms in total. The Balaban J connectivity index is 2.18. The van der Waals surface area contributed by atoms with Crippen molar-refractivity contribution in [2.24, 2.45) is 0 Å². The lowest BCUT2D eigenvalue weighted by Gasteiger charge is -2.29. The molecule has 0 saturated carbocycles. The molecule has 1 heterocycles. The van der Waals surface area contributed by atoms with Crippen LogP contribution in [0.2, 0.25) is 0 Å². The van der Waals surface area contributed by atoms with Crippen molar-refractivity contribution in [2.75, 3.05) is 19.7 Å². The van der Waals surface area contributed by atoms with Gasteiger partial charge in [-0.2, -0.15) is 5.26 Å². The summed E-state index contributed by atoms with van der Waals surface area (Å²) in [7, 11) is 0. The van der Waals surface area contributed by atoms with Crippen molar-refractivity contribution < 1.29 is 19.7 Å². The highest BCUT2D eigenvalue weighted by atomic mass is 16.5. The van der Waals surface area contributed by atoms with E-state index in [4.69, 9.17) is 15.1 Å². The number of hydrogen-bond donors (Lipinski definition) is 2. The SMILES string of the molecule is N#CC1CN(C(=O)c2ccc(O)cc2O)CCO1. The molecule has 1 saturated heterocycles. The molecule has 0 radical (unpaired) electrons. The van der Waals surface area contributed by atoms with Gasteiger partial charge in [0.2, 0.25) is 0 Å². The fraction of sp³-hybridized carbons (Fsp3) is 0.333. The maximum atomic E-state index is 12.1. The number of amides is 1. The Bertz CT molecular complexity index is 509. The van der Waals surface area contributed by atoms with Gasteiger partial charge in [-0.15, -0.1) is 0 Å². The van der Waals surface area contributed by atoms with Crippen LogP contribution in [0.4, 0.5) is 0 Å². The first-order valence-corrected chi connectivity index (χ1v) is 5.44. The summed E-state index contributed by atoms with van der Waals surface area (Å²) in [6.45, 7) is 0.843. The van der Waals surface area contributed by atoms with Crippen molar-refractivity contribution >= 4 is 5.91 Å². The van der Waals surface area contributed by atoms with E-state index in [1.54, 1.807) is 0 Å². The molecule has 6 heteroatoms. The molecule has 1 aromatic carbocycles. The van der Waals surface area contributed by atoms with Crippen LogP contribution < -0.4 is 0 Å². The van der Waals surface area contributed by atoms with E-state index in [9.17, 15) is 9.90 Å². The summed E-state index contributed by atoms with van der Waals surface area (Å²) in [4.78, 5) is 13.6. The van der Waals surface area contributed by atoms with Gasteiger partial charge in [-0.25, -0.2) is 0 Å². The van der Waals surface area contributed by atoms with E-state index in [0.29, 0.717) is 13.2 Å². The Morgan fingerprint density at radius 2 is 2.28 bits per heavy atom. The van der Waals surface area contributed by atoms with Crippen molar-refractivity contribution in [2.45, 2.75) is 6.10 Å². The zero-order valence-electron chi connectivity index (χ0n) is 9.54. The third-order valence-corrected chi connectivity index (χ3v) is 2.71. The van der Waals surface area contributed by atoms with Crippen LogP contribution in [-0.2, 0) is 4.74 Å². The zero-order valence-corrected chi connectivity index (χ0v) is 9.54. The fourth-order valence-electron chi connectivity index (χ4n) is 1.78. The number of ether oxygens (including phenoxy) is 1. The van der Waals surface area contributed by atoms with Crippen LogP contribution in [0.15, 0.2) is 18.2 Å². The quantitative estimate of drug-likeness (QED) is 0.753. The molecule has 0 spiro atoms. The van der Waals surface area contributed by atoms with Crippen LogP contribution in [0.1, 0.15) is 10.4 Å². The van der Waals surface area contributed by atoms with Gasteiger partial charge in [-0.05, 0) is 12.1 Å². The first kappa shape index (κ1) is 12.2. The Morgan fingerprint density at radius 1 is 1.50 bits per heavy atom. The minimum absolute atomic E-state index is 0.103. The summed E-state index contributed by atoms with van der Waals surface area (Å²) in [6.07, 6.45) is -0.637. The van der Waals surface area contributed by atoms with Gasteiger partial charge < -0.3 is 19.8 Å². The molecule has 1 aliphatic rings. The van der Waals surface area contributed by atoms with Crippen LogP contribution in [0.5, 0.6) is 11.5 Å². The number of carbonyl (C=O) groups excluding carboxylic acids is 1. The number of aromatic hydroxyl groups is 2. The number of morpholine rings is 1. The summed E-state index contributed by atoms with van der Waals surface area (Å²) in [5.41, 5.74) is 0.103. The van der Waals surface area contributed by atoms with Gasteiger partial charge in [0.15, 0.2) is 6.10 Å². The molecule has 1 fully saturated rings.